The quantitative estimate of drug-likeness (QED) is 0.529. The van der Waals surface area contributed by atoms with Gasteiger partial charge in [0.1, 0.15) is 6.79 Å². The number of nitrogens with zero attached hydrogens (tertiary/aromatic N) is 2. The van der Waals surface area contributed by atoms with Gasteiger partial charge < -0.3 is 14.6 Å². The third-order valence-corrected chi connectivity index (χ3v) is 0. The predicted molar refractivity (Wildman–Crippen MR) is 53.1 cm³/mol. The van der Waals surface area contributed by atoms with Crippen LogP contribution in [0.2, 0.25) is 0 Å². The van der Waals surface area contributed by atoms with Crippen LogP contribution in [0.5, 0.6) is 0 Å². The van der Waals surface area contributed by atoms with Crippen LogP contribution in [0.15, 0.2) is 0 Å². The Labute approximate surface area is 72.0 Å². The Kier molecular flexibility index (Phi) is 46.2. The van der Waals surface area contributed by atoms with Gasteiger partial charge in [-0.2, -0.15) is 0 Å². The smallest absolute Gasteiger partial charge is 0.106 e. The molecular weight excluding hydrogens is 140 g/mol. The van der Waals surface area contributed by atoms with Crippen molar-refractivity contribution >= 4 is 6.79 Å². The van der Waals surface area contributed by atoms with Gasteiger partial charge in [-0.15, -0.1) is 0 Å². The minimum atomic E-state index is 0. The minimum absolute atomic E-state index is 0. The molecule has 0 heterocycles. The van der Waals surface area contributed by atoms with E-state index in [-0.39, 0.29) is 7.43 Å². The maximum atomic E-state index is 8.00. The predicted octanol–water partition coefficient (Wildman–Crippen LogP) is 0.807. The highest BCUT2D eigenvalue weighted by Gasteiger charge is 1.58. The Bertz CT molecular complexity index is 35.8. The molecule has 0 radical (unpaired) electrons. The van der Waals surface area contributed by atoms with Crippen molar-refractivity contribution in [2.24, 2.45) is 0 Å². The zero-order chi connectivity index (χ0) is 9.15. The van der Waals surface area contributed by atoms with Crippen molar-refractivity contribution in [2.45, 2.75) is 7.43 Å². The summed E-state index contributed by atoms with van der Waals surface area (Å²) in [5.41, 5.74) is 0. The van der Waals surface area contributed by atoms with Gasteiger partial charge in [0.2, 0.25) is 0 Å². The van der Waals surface area contributed by atoms with Gasteiger partial charge in [-0.25, -0.2) is 0 Å². The van der Waals surface area contributed by atoms with Crippen LogP contribution < -0.4 is 0 Å². The molecule has 0 atom stereocenters. The molecular formula is C8H24N2O. The van der Waals surface area contributed by atoms with Gasteiger partial charge in [0.25, 0.3) is 0 Å². The average molecular weight is 164 g/mol. The van der Waals surface area contributed by atoms with E-state index in [0.29, 0.717) is 0 Å². The van der Waals surface area contributed by atoms with Gasteiger partial charge in [0.05, 0.1) is 0 Å². The summed E-state index contributed by atoms with van der Waals surface area (Å²) >= 11 is 0. The van der Waals surface area contributed by atoms with Crippen molar-refractivity contribution in [1.29, 1.82) is 0 Å². The first-order chi connectivity index (χ1) is 4.46. The molecule has 0 fully saturated rings. The molecule has 0 aliphatic rings. The summed E-state index contributed by atoms with van der Waals surface area (Å²) in [6.45, 7) is 2.00. The normalized spacial score (nSPS) is 6.91. The van der Waals surface area contributed by atoms with Gasteiger partial charge in [0, 0.05) is 0 Å². The molecule has 0 aromatic carbocycles. The van der Waals surface area contributed by atoms with Crippen LogP contribution in [0.4, 0.5) is 0 Å². The molecule has 0 N–H and O–H groups in total. The monoisotopic (exact) mass is 164 g/mol. The Morgan fingerprint density at radius 1 is 0.727 bits per heavy atom. The largest absolute Gasteiger partial charge is 0.312 e. The highest BCUT2D eigenvalue weighted by molar-refractivity contribution is 5.10. The standard InChI is InChI=1S/2C3H9N.CH2O.CH4/c2*1-4(2)3;1-2;/h2*1-3H3;1H2;1H4. The number of hydrogen-bond donors (Lipinski definition) is 0. The van der Waals surface area contributed by atoms with Gasteiger partial charge in [-0.05, 0) is 42.3 Å². The Morgan fingerprint density at radius 3 is 0.727 bits per heavy atom. The van der Waals surface area contributed by atoms with Crippen LogP contribution in [-0.4, -0.2) is 58.9 Å². The second kappa shape index (κ2) is 22.6. The molecule has 3 nitrogen and oxygen atoms in total. The number of rotatable bonds is 0. The second-order valence-corrected chi connectivity index (χ2v) is 2.68. The molecule has 0 spiro atoms. The Hall–Kier alpha value is -0.410. The number of carbonyl (C=O) groups is 1. The second-order valence-electron chi connectivity index (χ2n) is 2.68. The Balaban J connectivity index is -0.0000000339. The van der Waals surface area contributed by atoms with Crippen molar-refractivity contribution in [3.8, 4) is 0 Å². The fourth-order valence-corrected chi connectivity index (χ4v) is 0. The lowest BCUT2D eigenvalue weighted by Crippen LogP contribution is -1.99. The fourth-order valence-electron chi connectivity index (χ4n) is 0. The first kappa shape index (κ1) is 22.4. The maximum Gasteiger partial charge on any atom is 0.106 e. The van der Waals surface area contributed by atoms with Gasteiger partial charge in [0.15, 0.2) is 0 Å². The molecule has 0 aliphatic heterocycles. The van der Waals surface area contributed by atoms with Crippen molar-refractivity contribution in [1.82, 2.24) is 9.80 Å². The van der Waals surface area contributed by atoms with E-state index in [1.165, 1.54) is 0 Å². The van der Waals surface area contributed by atoms with E-state index in [4.69, 9.17) is 4.79 Å². The van der Waals surface area contributed by atoms with E-state index in [2.05, 4.69) is 0 Å². The summed E-state index contributed by atoms with van der Waals surface area (Å²) in [7, 11) is 12.0. The maximum absolute atomic E-state index is 8.00. The van der Waals surface area contributed by atoms with Crippen LogP contribution >= 0.6 is 0 Å². The molecule has 0 bridgehead atoms. The zero-order valence-electron chi connectivity index (χ0n) is 8.01. The molecule has 72 valence electrons. The molecule has 11 heavy (non-hydrogen) atoms. The van der Waals surface area contributed by atoms with E-state index in [9.17, 15) is 0 Å². The average Bonchev–Trinajstić information content (AvgIpc) is 1.66. The first-order valence-electron chi connectivity index (χ1n) is 2.97. The number of carbonyl (C=O) groups excluding carboxylic acids is 1. The van der Waals surface area contributed by atoms with E-state index in [1.54, 1.807) is 0 Å². The first-order valence-corrected chi connectivity index (χ1v) is 2.97. The molecule has 0 saturated carbocycles. The lowest BCUT2D eigenvalue weighted by molar-refractivity contribution is -0.0979. The number of hydrogen-bond acceptors (Lipinski definition) is 3. The summed E-state index contributed by atoms with van der Waals surface area (Å²) in [5, 5.41) is 0. The fraction of sp³-hybridized carbons (Fsp3) is 0.875. The topological polar surface area (TPSA) is 23.6 Å². The van der Waals surface area contributed by atoms with Crippen molar-refractivity contribution in [3.05, 3.63) is 0 Å². The Morgan fingerprint density at radius 2 is 0.727 bits per heavy atom. The van der Waals surface area contributed by atoms with Gasteiger partial charge in [-0.3, -0.25) is 0 Å². The molecule has 0 aliphatic carbocycles. The van der Waals surface area contributed by atoms with E-state index in [0.717, 1.165) is 0 Å². The third kappa shape index (κ3) is 3290. The highest BCUT2D eigenvalue weighted by Crippen LogP contribution is 1.48. The lowest BCUT2D eigenvalue weighted by Gasteiger charge is -1.90. The lowest BCUT2D eigenvalue weighted by atomic mass is 11.0. The molecule has 0 rings (SSSR count). The van der Waals surface area contributed by atoms with Crippen LogP contribution in [-0.2, 0) is 4.79 Å². The summed E-state index contributed by atoms with van der Waals surface area (Å²) < 4.78 is 0. The van der Waals surface area contributed by atoms with Crippen molar-refractivity contribution in [3.63, 3.8) is 0 Å². The SMILES string of the molecule is C.C=O.CN(C)C.CN(C)C. The zero-order valence-corrected chi connectivity index (χ0v) is 8.01. The van der Waals surface area contributed by atoms with Gasteiger partial charge in [-0.1, -0.05) is 7.43 Å². The molecule has 0 saturated heterocycles. The molecule has 0 aromatic rings. The molecule has 0 aromatic heterocycles. The molecule has 0 amide bonds. The van der Waals surface area contributed by atoms with Crippen molar-refractivity contribution < 1.29 is 4.79 Å². The van der Waals surface area contributed by atoms with E-state index >= 15 is 0 Å². The van der Waals surface area contributed by atoms with Crippen LogP contribution in [0, 0.1) is 0 Å². The highest BCUT2D eigenvalue weighted by atomic mass is 16.1. The summed E-state index contributed by atoms with van der Waals surface area (Å²) in [5.74, 6) is 0. The van der Waals surface area contributed by atoms with E-state index < -0.39 is 0 Å². The summed E-state index contributed by atoms with van der Waals surface area (Å²) in [6, 6.07) is 0. The van der Waals surface area contributed by atoms with Crippen LogP contribution in [0.3, 0.4) is 0 Å². The molecule has 3 heteroatoms. The molecule has 0 unspecified atom stereocenters. The summed E-state index contributed by atoms with van der Waals surface area (Å²) in [6.07, 6.45) is 0. The summed E-state index contributed by atoms with van der Waals surface area (Å²) in [4.78, 5) is 12.0. The van der Waals surface area contributed by atoms with Gasteiger partial charge >= 0.3 is 0 Å². The van der Waals surface area contributed by atoms with Crippen LogP contribution in [0.25, 0.3) is 0 Å². The minimum Gasteiger partial charge on any atom is -0.312 e. The third-order valence-electron chi connectivity index (χ3n) is 0. The van der Waals surface area contributed by atoms with Crippen LogP contribution in [0.1, 0.15) is 7.43 Å². The van der Waals surface area contributed by atoms with Crippen molar-refractivity contribution in [2.75, 3.05) is 42.3 Å². The van der Waals surface area contributed by atoms with E-state index in [1.807, 2.05) is 58.9 Å².